The Bertz CT molecular complexity index is 489. The molecule has 122 valence electrons. The van der Waals surface area contributed by atoms with Crippen molar-refractivity contribution in [3.8, 4) is 0 Å². The summed E-state index contributed by atoms with van der Waals surface area (Å²) in [6, 6.07) is 0. The molecule has 1 rings (SSSR count). The van der Waals surface area contributed by atoms with Crippen molar-refractivity contribution in [2.45, 2.75) is 58.3 Å². The number of rotatable bonds is 10. The largest absolute Gasteiger partial charge is 0.481 e. The number of unbranched alkanes of at least 4 members (excludes halogenated alkanes) is 4. The SMILES string of the molecule is CC(C)c1ncncc1C(=O)NCCCCCCCC(=O)O. The molecule has 0 spiro atoms. The van der Waals surface area contributed by atoms with Crippen molar-refractivity contribution < 1.29 is 14.7 Å². The average molecular weight is 307 g/mol. The molecule has 0 aliphatic heterocycles. The van der Waals surface area contributed by atoms with Gasteiger partial charge in [-0.15, -0.1) is 0 Å². The maximum absolute atomic E-state index is 12.1. The number of hydrogen-bond donors (Lipinski definition) is 2. The zero-order chi connectivity index (χ0) is 16.4. The fourth-order valence-electron chi connectivity index (χ4n) is 2.20. The van der Waals surface area contributed by atoms with Crippen LogP contribution in [0.2, 0.25) is 0 Å². The van der Waals surface area contributed by atoms with E-state index in [1.54, 1.807) is 6.20 Å². The number of aromatic nitrogens is 2. The molecule has 2 N–H and O–H groups in total. The summed E-state index contributed by atoms with van der Waals surface area (Å²) >= 11 is 0. The molecule has 0 bridgehead atoms. The summed E-state index contributed by atoms with van der Waals surface area (Å²) < 4.78 is 0. The van der Waals surface area contributed by atoms with E-state index in [1.807, 2.05) is 13.8 Å². The maximum Gasteiger partial charge on any atom is 0.303 e. The monoisotopic (exact) mass is 307 g/mol. The van der Waals surface area contributed by atoms with Crippen LogP contribution >= 0.6 is 0 Å². The molecule has 6 nitrogen and oxygen atoms in total. The third-order valence-electron chi connectivity index (χ3n) is 3.39. The fraction of sp³-hybridized carbons (Fsp3) is 0.625. The molecule has 1 heterocycles. The number of amides is 1. The smallest absolute Gasteiger partial charge is 0.303 e. The first kappa shape index (κ1) is 18.1. The molecule has 0 saturated carbocycles. The number of hydrogen-bond acceptors (Lipinski definition) is 4. The van der Waals surface area contributed by atoms with Gasteiger partial charge in [0, 0.05) is 19.2 Å². The third-order valence-corrected chi connectivity index (χ3v) is 3.39. The lowest BCUT2D eigenvalue weighted by molar-refractivity contribution is -0.137. The molecule has 0 aromatic carbocycles. The van der Waals surface area contributed by atoms with Crippen LogP contribution < -0.4 is 5.32 Å². The van der Waals surface area contributed by atoms with E-state index in [0.717, 1.165) is 37.8 Å². The van der Waals surface area contributed by atoms with E-state index in [0.29, 0.717) is 12.1 Å². The minimum Gasteiger partial charge on any atom is -0.481 e. The van der Waals surface area contributed by atoms with Crippen LogP contribution in [0.3, 0.4) is 0 Å². The van der Waals surface area contributed by atoms with Gasteiger partial charge in [0.05, 0.1) is 11.3 Å². The van der Waals surface area contributed by atoms with Gasteiger partial charge in [0.1, 0.15) is 6.33 Å². The summed E-state index contributed by atoms with van der Waals surface area (Å²) in [6.07, 6.45) is 7.78. The number of aliphatic carboxylic acids is 1. The molecule has 0 saturated heterocycles. The van der Waals surface area contributed by atoms with Gasteiger partial charge in [0.15, 0.2) is 0 Å². The van der Waals surface area contributed by atoms with Crippen LogP contribution in [0.1, 0.15) is 74.3 Å². The fourth-order valence-corrected chi connectivity index (χ4v) is 2.20. The highest BCUT2D eigenvalue weighted by Gasteiger charge is 2.14. The number of carbonyl (C=O) groups excluding carboxylic acids is 1. The normalized spacial score (nSPS) is 10.7. The Morgan fingerprint density at radius 1 is 1.18 bits per heavy atom. The Morgan fingerprint density at radius 3 is 2.55 bits per heavy atom. The second kappa shape index (κ2) is 9.87. The number of nitrogens with zero attached hydrogens (tertiary/aromatic N) is 2. The van der Waals surface area contributed by atoms with Gasteiger partial charge in [-0.1, -0.05) is 33.1 Å². The van der Waals surface area contributed by atoms with E-state index in [9.17, 15) is 9.59 Å². The van der Waals surface area contributed by atoms with Gasteiger partial charge in [-0.25, -0.2) is 9.97 Å². The van der Waals surface area contributed by atoms with E-state index in [2.05, 4.69) is 15.3 Å². The Morgan fingerprint density at radius 2 is 1.86 bits per heavy atom. The van der Waals surface area contributed by atoms with Crippen molar-refractivity contribution in [2.24, 2.45) is 0 Å². The zero-order valence-corrected chi connectivity index (χ0v) is 13.3. The molecular formula is C16H25N3O3. The molecule has 22 heavy (non-hydrogen) atoms. The van der Waals surface area contributed by atoms with Crippen molar-refractivity contribution in [1.82, 2.24) is 15.3 Å². The lowest BCUT2D eigenvalue weighted by atomic mass is 10.0. The Hall–Kier alpha value is -1.98. The minimum absolute atomic E-state index is 0.129. The lowest BCUT2D eigenvalue weighted by Crippen LogP contribution is -2.26. The van der Waals surface area contributed by atoms with Gasteiger partial charge >= 0.3 is 5.97 Å². The summed E-state index contributed by atoms with van der Waals surface area (Å²) in [7, 11) is 0. The summed E-state index contributed by atoms with van der Waals surface area (Å²) in [5, 5.41) is 11.4. The van der Waals surface area contributed by atoms with E-state index in [4.69, 9.17) is 5.11 Å². The molecule has 1 aromatic heterocycles. The van der Waals surface area contributed by atoms with Crippen molar-refractivity contribution in [2.75, 3.05) is 6.54 Å². The van der Waals surface area contributed by atoms with E-state index in [1.165, 1.54) is 6.33 Å². The predicted molar refractivity (Wildman–Crippen MR) is 83.8 cm³/mol. The topological polar surface area (TPSA) is 92.2 Å². The number of carboxylic acid groups (broad SMARTS) is 1. The number of carboxylic acids is 1. The van der Waals surface area contributed by atoms with Gasteiger partial charge in [-0.2, -0.15) is 0 Å². The van der Waals surface area contributed by atoms with Crippen LogP contribution in [0.15, 0.2) is 12.5 Å². The highest BCUT2D eigenvalue weighted by molar-refractivity contribution is 5.95. The molecular weight excluding hydrogens is 282 g/mol. The Balaban J connectivity index is 2.23. The Kier molecular flexibility index (Phi) is 8.10. The summed E-state index contributed by atoms with van der Waals surface area (Å²) in [5.41, 5.74) is 1.31. The summed E-state index contributed by atoms with van der Waals surface area (Å²) in [4.78, 5) is 30.6. The molecule has 0 aliphatic rings. The lowest BCUT2D eigenvalue weighted by Gasteiger charge is -2.10. The van der Waals surface area contributed by atoms with Gasteiger partial charge in [-0.05, 0) is 18.8 Å². The maximum atomic E-state index is 12.1. The van der Waals surface area contributed by atoms with Crippen LogP contribution in [-0.2, 0) is 4.79 Å². The highest BCUT2D eigenvalue weighted by atomic mass is 16.4. The van der Waals surface area contributed by atoms with Crippen LogP contribution in [0.4, 0.5) is 0 Å². The Labute approximate surface area is 131 Å². The van der Waals surface area contributed by atoms with Gasteiger partial charge in [-0.3, -0.25) is 9.59 Å². The predicted octanol–water partition coefficient (Wildman–Crippen LogP) is 2.76. The van der Waals surface area contributed by atoms with Gasteiger partial charge in [0.25, 0.3) is 5.91 Å². The van der Waals surface area contributed by atoms with Gasteiger partial charge < -0.3 is 10.4 Å². The molecule has 0 unspecified atom stereocenters. The third kappa shape index (κ3) is 6.65. The number of carbonyl (C=O) groups is 2. The second-order valence-corrected chi connectivity index (χ2v) is 5.64. The first-order valence-corrected chi connectivity index (χ1v) is 7.82. The minimum atomic E-state index is -0.738. The van der Waals surface area contributed by atoms with E-state index >= 15 is 0 Å². The zero-order valence-electron chi connectivity index (χ0n) is 13.3. The average Bonchev–Trinajstić information content (AvgIpc) is 2.49. The summed E-state index contributed by atoms with van der Waals surface area (Å²) in [5.74, 6) is -0.688. The number of nitrogens with one attached hydrogen (secondary N) is 1. The molecule has 6 heteroatoms. The first-order valence-electron chi connectivity index (χ1n) is 7.82. The molecule has 0 atom stereocenters. The van der Waals surface area contributed by atoms with Gasteiger partial charge in [0.2, 0.25) is 0 Å². The van der Waals surface area contributed by atoms with Crippen molar-refractivity contribution in [3.63, 3.8) is 0 Å². The molecule has 0 fully saturated rings. The van der Waals surface area contributed by atoms with Crippen molar-refractivity contribution in [3.05, 3.63) is 23.8 Å². The molecule has 1 amide bonds. The van der Waals surface area contributed by atoms with E-state index in [-0.39, 0.29) is 18.2 Å². The molecule has 1 aromatic rings. The van der Waals surface area contributed by atoms with Crippen LogP contribution in [0.25, 0.3) is 0 Å². The molecule has 0 aliphatic carbocycles. The first-order chi connectivity index (χ1) is 10.5. The molecule has 0 radical (unpaired) electrons. The van der Waals surface area contributed by atoms with Crippen LogP contribution in [0, 0.1) is 0 Å². The van der Waals surface area contributed by atoms with E-state index < -0.39 is 5.97 Å². The van der Waals surface area contributed by atoms with Crippen LogP contribution in [0.5, 0.6) is 0 Å². The van der Waals surface area contributed by atoms with Crippen LogP contribution in [-0.4, -0.2) is 33.5 Å². The van der Waals surface area contributed by atoms with Crippen molar-refractivity contribution >= 4 is 11.9 Å². The quantitative estimate of drug-likeness (QED) is 0.648. The van der Waals surface area contributed by atoms with Crippen molar-refractivity contribution in [1.29, 1.82) is 0 Å². The summed E-state index contributed by atoms with van der Waals surface area (Å²) in [6.45, 7) is 4.61. The second-order valence-electron chi connectivity index (χ2n) is 5.64. The standard InChI is InChI=1S/C16H25N3O3/c1-12(2)15-13(10-17-11-19-15)16(22)18-9-7-5-3-4-6-8-14(20)21/h10-12H,3-9H2,1-2H3,(H,18,22)(H,20,21). The highest BCUT2D eigenvalue weighted by Crippen LogP contribution is 2.15.